The van der Waals surface area contributed by atoms with Gasteiger partial charge < -0.3 is 10.4 Å². The first-order chi connectivity index (χ1) is 8.99. The summed E-state index contributed by atoms with van der Waals surface area (Å²) in [5, 5.41) is 13.7. The summed E-state index contributed by atoms with van der Waals surface area (Å²) in [7, 11) is 0. The molecule has 0 aromatic carbocycles. The molecule has 0 aliphatic heterocycles. The average Bonchev–Trinajstić information content (AvgIpc) is 2.76. The fourth-order valence-corrected chi connectivity index (χ4v) is 2.53. The van der Waals surface area contributed by atoms with Gasteiger partial charge in [0.05, 0.1) is 6.10 Å². The number of hydrogen-bond acceptors (Lipinski definition) is 5. The highest BCUT2D eigenvalue weighted by Gasteiger charge is 2.16. The molecular formula is C12H15N3O3S. The maximum atomic E-state index is 12.1. The van der Waals surface area contributed by atoms with E-state index < -0.39 is 12.0 Å². The molecule has 2 N–H and O–H groups in total. The zero-order valence-electron chi connectivity index (χ0n) is 10.7. The number of carbonyl (C=O) groups excluding carboxylic acids is 1. The number of aromatic nitrogens is 2. The van der Waals surface area contributed by atoms with Crippen LogP contribution in [0, 0.1) is 0 Å². The van der Waals surface area contributed by atoms with Crippen molar-refractivity contribution in [2.24, 2.45) is 0 Å². The van der Waals surface area contributed by atoms with Crippen molar-refractivity contribution in [3.05, 3.63) is 33.7 Å². The number of nitrogens with one attached hydrogen (secondary N) is 1. The molecular weight excluding hydrogens is 266 g/mol. The first kappa shape index (κ1) is 13.7. The fraction of sp³-hybridized carbons (Fsp3) is 0.417. The Hall–Kier alpha value is -1.73. The molecule has 0 saturated carbocycles. The van der Waals surface area contributed by atoms with Crippen LogP contribution in [0.3, 0.4) is 0 Å². The van der Waals surface area contributed by atoms with Crippen LogP contribution >= 0.6 is 11.3 Å². The molecule has 6 nitrogen and oxygen atoms in total. The molecule has 2 heterocycles. The fourth-order valence-electron chi connectivity index (χ4n) is 1.85. The van der Waals surface area contributed by atoms with Crippen LogP contribution in [-0.2, 0) is 0 Å². The zero-order valence-corrected chi connectivity index (χ0v) is 11.5. The van der Waals surface area contributed by atoms with E-state index in [4.69, 9.17) is 0 Å². The molecule has 2 aromatic heterocycles. The van der Waals surface area contributed by atoms with Crippen molar-refractivity contribution in [3.63, 3.8) is 0 Å². The highest BCUT2D eigenvalue weighted by Crippen LogP contribution is 2.06. The predicted octanol–water partition coefficient (Wildman–Crippen LogP) is 0.645. The van der Waals surface area contributed by atoms with Crippen molar-refractivity contribution >= 4 is 22.2 Å². The number of nitrogens with zero attached hydrogens (tertiary/aromatic N) is 2. The molecule has 2 atom stereocenters. The Labute approximate surface area is 113 Å². The van der Waals surface area contributed by atoms with Crippen LogP contribution in [-0.4, -0.2) is 32.5 Å². The molecule has 1 amide bonds. The van der Waals surface area contributed by atoms with Gasteiger partial charge in [-0.2, -0.15) is 0 Å². The van der Waals surface area contributed by atoms with E-state index in [9.17, 15) is 14.7 Å². The number of rotatable bonds is 4. The topological polar surface area (TPSA) is 83.7 Å². The van der Waals surface area contributed by atoms with E-state index in [1.54, 1.807) is 25.4 Å². The minimum Gasteiger partial charge on any atom is -0.393 e. The third-order valence-electron chi connectivity index (χ3n) is 2.66. The van der Waals surface area contributed by atoms with Gasteiger partial charge in [-0.05, 0) is 20.3 Å². The van der Waals surface area contributed by atoms with Crippen LogP contribution < -0.4 is 10.9 Å². The molecule has 0 saturated heterocycles. The lowest BCUT2D eigenvalue weighted by Gasteiger charge is -2.14. The van der Waals surface area contributed by atoms with E-state index in [0.29, 0.717) is 11.4 Å². The van der Waals surface area contributed by atoms with Gasteiger partial charge >= 0.3 is 0 Å². The number of aliphatic hydroxyl groups is 1. The van der Waals surface area contributed by atoms with Crippen LogP contribution in [0.25, 0.3) is 4.96 Å². The van der Waals surface area contributed by atoms with E-state index in [1.807, 2.05) is 0 Å². The first-order valence-electron chi connectivity index (χ1n) is 5.93. The second kappa shape index (κ2) is 5.50. The second-order valence-corrected chi connectivity index (χ2v) is 5.36. The summed E-state index contributed by atoms with van der Waals surface area (Å²) < 4.78 is 1.35. The van der Waals surface area contributed by atoms with E-state index >= 15 is 0 Å². The maximum Gasteiger partial charge on any atom is 0.271 e. The van der Waals surface area contributed by atoms with Gasteiger partial charge in [0.25, 0.3) is 11.5 Å². The van der Waals surface area contributed by atoms with Crippen molar-refractivity contribution in [1.82, 2.24) is 14.7 Å². The quantitative estimate of drug-likeness (QED) is 0.861. The van der Waals surface area contributed by atoms with Gasteiger partial charge in [-0.1, -0.05) is 0 Å². The lowest BCUT2D eigenvalue weighted by atomic mass is 10.1. The summed E-state index contributed by atoms with van der Waals surface area (Å²) in [5.74, 6) is -0.466. The molecule has 0 aliphatic carbocycles. The number of hydrogen-bond donors (Lipinski definition) is 2. The monoisotopic (exact) mass is 281 g/mol. The molecule has 0 fully saturated rings. The Morgan fingerprint density at radius 3 is 3.00 bits per heavy atom. The summed E-state index contributed by atoms with van der Waals surface area (Å²) >= 11 is 1.33. The summed E-state index contributed by atoms with van der Waals surface area (Å²) in [6.45, 7) is 3.43. The molecule has 2 rings (SSSR count). The molecule has 2 aromatic rings. The van der Waals surface area contributed by atoms with Crippen LogP contribution in [0.15, 0.2) is 22.6 Å². The van der Waals surface area contributed by atoms with E-state index in [-0.39, 0.29) is 17.2 Å². The summed E-state index contributed by atoms with van der Waals surface area (Å²) in [5.41, 5.74) is -0.374. The highest BCUT2D eigenvalue weighted by atomic mass is 32.1. The third-order valence-corrected chi connectivity index (χ3v) is 3.43. The van der Waals surface area contributed by atoms with Gasteiger partial charge in [0, 0.05) is 23.8 Å². The zero-order chi connectivity index (χ0) is 14.0. The van der Waals surface area contributed by atoms with E-state index in [2.05, 4.69) is 10.3 Å². The molecule has 0 radical (unpaired) electrons. The van der Waals surface area contributed by atoms with Crippen molar-refractivity contribution in [3.8, 4) is 0 Å². The van der Waals surface area contributed by atoms with Crippen molar-refractivity contribution in [2.45, 2.75) is 32.4 Å². The average molecular weight is 281 g/mol. The number of carbonyl (C=O) groups is 1. The molecule has 0 spiro atoms. The van der Waals surface area contributed by atoms with Gasteiger partial charge in [0.15, 0.2) is 4.96 Å². The highest BCUT2D eigenvalue weighted by molar-refractivity contribution is 7.15. The first-order valence-corrected chi connectivity index (χ1v) is 6.81. The molecule has 2 unspecified atom stereocenters. The molecule has 0 bridgehead atoms. The smallest absolute Gasteiger partial charge is 0.271 e. The largest absolute Gasteiger partial charge is 0.393 e. The normalized spacial score (nSPS) is 14.3. The van der Waals surface area contributed by atoms with E-state index in [1.165, 1.54) is 21.9 Å². The molecule has 19 heavy (non-hydrogen) atoms. The number of aliphatic hydroxyl groups excluding tert-OH is 1. The minimum absolute atomic E-state index is 0.00772. The Morgan fingerprint density at radius 2 is 2.32 bits per heavy atom. The van der Waals surface area contributed by atoms with Gasteiger partial charge in [-0.15, -0.1) is 11.3 Å². The van der Waals surface area contributed by atoms with Crippen LogP contribution in [0.4, 0.5) is 0 Å². The number of amides is 1. The Kier molecular flexibility index (Phi) is 3.96. The SMILES string of the molecule is CC(O)CC(C)NC(=O)c1cnc2sccn2c1=O. The number of thiazole rings is 1. The molecule has 7 heteroatoms. The van der Waals surface area contributed by atoms with Gasteiger partial charge in [0.1, 0.15) is 5.56 Å². The Bertz CT molecular complexity index is 647. The maximum absolute atomic E-state index is 12.1. The predicted molar refractivity (Wildman–Crippen MR) is 72.6 cm³/mol. The van der Waals surface area contributed by atoms with Gasteiger partial charge in [-0.25, -0.2) is 4.98 Å². The van der Waals surface area contributed by atoms with Crippen molar-refractivity contribution in [2.75, 3.05) is 0 Å². The molecule has 102 valence electrons. The van der Waals surface area contributed by atoms with Gasteiger partial charge in [0.2, 0.25) is 0 Å². The van der Waals surface area contributed by atoms with E-state index in [0.717, 1.165) is 0 Å². The van der Waals surface area contributed by atoms with Gasteiger partial charge in [-0.3, -0.25) is 14.0 Å². The third kappa shape index (κ3) is 2.99. The number of fused-ring (bicyclic) bond motifs is 1. The van der Waals surface area contributed by atoms with Crippen LogP contribution in [0.1, 0.15) is 30.6 Å². The summed E-state index contributed by atoms with van der Waals surface area (Å²) in [6, 6.07) is -0.213. The summed E-state index contributed by atoms with van der Waals surface area (Å²) in [6.07, 6.45) is 2.80. The van der Waals surface area contributed by atoms with Crippen LogP contribution in [0.2, 0.25) is 0 Å². The lowest BCUT2D eigenvalue weighted by Crippen LogP contribution is -2.38. The summed E-state index contributed by atoms with van der Waals surface area (Å²) in [4.78, 5) is 28.7. The second-order valence-electron chi connectivity index (χ2n) is 4.49. The Balaban J connectivity index is 2.22. The minimum atomic E-state index is -0.506. The lowest BCUT2D eigenvalue weighted by molar-refractivity contribution is 0.0921. The standard InChI is InChI=1S/C12H15N3O3S/c1-7(5-8(2)16)14-10(17)9-6-13-12-15(11(9)18)3-4-19-12/h3-4,6-8,16H,5H2,1-2H3,(H,14,17). The van der Waals surface area contributed by atoms with Crippen LogP contribution in [0.5, 0.6) is 0 Å². The van der Waals surface area contributed by atoms with Crippen molar-refractivity contribution in [1.29, 1.82) is 0 Å². The van der Waals surface area contributed by atoms with Crippen molar-refractivity contribution < 1.29 is 9.90 Å². The molecule has 0 aliphatic rings. The Morgan fingerprint density at radius 1 is 1.58 bits per heavy atom.